The van der Waals surface area contributed by atoms with E-state index in [1.807, 2.05) is 30.3 Å². The molecule has 0 amide bonds. The summed E-state index contributed by atoms with van der Waals surface area (Å²) in [6, 6.07) is 10.1. The Morgan fingerprint density at radius 2 is 1.03 bits per heavy atom. The van der Waals surface area contributed by atoms with Gasteiger partial charge in [-0.25, -0.2) is 0 Å². The van der Waals surface area contributed by atoms with Gasteiger partial charge in [-0.3, -0.25) is 0 Å². The SMILES string of the molecule is C1CCC(P(C2CCCCC2)C2CCCCC2)CC1.[Cl][Ru]([Cl])[CH]([Ru])c1ccccc1. The number of rotatable bonds is 5. The van der Waals surface area contributed by atoms with Gasteiger partial charge in [0.15, 0.2) is 0 Å². The van der Waals surface area contributed by atoms with Crippen LogP contribution in [0.4, 0.5) is 0 Å². The minimum absolute atomic E-state index is 0.281. The number of hydrogen-bond donors (Lipinski definition) is 0. The molecule has 3 aliphatic carbocycles. The molecule has 174 valence electrons. The van der Waals surface area contributed by atoms with Gasteiger partial charge in [-0.15, -0.1) is 0 Å². The normalized spacial score (nSPS) is 23.5. The molecular formula is C25H39Cl2PRu2. The van der Waals surface area contributed by atoms with Crippen molar-refractivity contribution in [3.05, 3.63) is 35.9 Å². The fraction of sp³-hybridized carbons (Fsp3) is 0.760. The van der Waals surface area contributed by atoms with Crippen LogP contribution in [0.2, 0.25) is 0 Å². The first kappa shape index (κ1) is 26.1. The summed E-state index contributed by atoms with van der Waals surface area (Å²) < 4.78 is 0.281. The van der Waals surface area contributed by atoms with Crippen molar-refractivity contribution in [2.75, 3.05) is 0 Å². The van der Waals surface area contributed by atoms with Crippen LogP contribution in [0.5, 0.6) is 0 Å². The van der Waals surface area contributed by atoms with E-state index in [0.29, 0.717) is 7.92 Å². The Balaban J connectivity index is 0.000000199. The molecule has 30 heavy (non-hydrogen) atoms. The molecular weight excluding hydrogens is 604 g/mol. The Morgan fingerprint density at radius 1 is 0.667 bits per heavy atom. The molecule has 0 nitrogen and oxygen atoms in total. The molecule has 0 aromatic heterocycles. The summed E-state index contributed by atoms with van der Waals surface area (Å²) in [4.78, 5) is 0. The molecule has 0 aliphatic heterocycles. The second-order valence-electron chi connectivity index (χ2n) is 9.21. The summed E-state index contributed by atoms with van der Waals surface area (Å²) in [7, 11) is 12.1. The van der Waals surface area contributed by atoms with E-state index in [1.165, 1.54) is 41.8 Å². The zero-order chi connectivity index (χ0) is 21.2. The molecule has 3 aliphatic rings. The molecule has 0 radical (unpaired) electrons. The van der Waals surface area contributed by atoms with Gasteiger partial charge in [0.05, 0.1) is 0 Å². The van der Waals surface area contributed by atoms with E-state index < -0.39 is 14.0 Å². The number of halogens is 2. The zero-order valence-electron chi connectivity index (χ0n) is 18.2. The molecule has 0 N–H and O–H groups in total. The van der Waals surface area contributed by atoms with E-state index in [1.54, 1.807) is 77.0 Å². The maximum atomic E-state index is 5.85. The van der Waals surface area contributed by atoms with E-state index in [9.17, 15) is 0 Å². The van der Waals surface area contributed by atoms with Gasteiger partial charge in [0.25, 0.3) is 0 Å². The van der Waals surface area contributed by atoms with Crippen molar-refractivity contribution in [1.29, 1.82) is 0 Å². The van der Waals surface area contributed by atoms with Crippen LogP contribution in [0.15, 0.2) is 30.3 Å². The van der Waals surface area contributed by atoms with Crippen LogP contribution >= 0.6 is 27.3 Å². The Bertz CT molecular complexity index is 525. The van der Waals surface area contributed by atoms with Crippen LogP contribution in [0.1, 0.15) is 105 Å². The van der Waals surface area contributed by atoms with Crippen LogP contribution < -0.4 is 0 Å². The predicted octanol–water partition coefficient (Wildman–Crippen LogP) is 9.62. The monoisotopic (exact) mass is 644 g/mol. The summed E-state index contributed by atoms with van der Waals surface area (Å²) in [6.07, 6.45) is 23.6. The van der Waals surface area contributed by atoms with E-state index in [-0.39, 0.29) is 3.11 Å². The summed E-state index contributed by atoms with van der Waals surface area (Å²) >= 11 is 0.973. The van der Waals surface area contributed by atoms with Crippen molar-refractivity contribution in [3.63, 3.8) is 0 Å². The van der Waals surface area contributed by atoms with Crippen molar-refractivity contribution in [3.8, 4) is 0 Å². The molecule has 3 fully saturated rings. The van der Waals surface area contributed by atoms with Gasteiger partial charge in [0, 0.05) is 0 Å². The van der Waals surface area contributed by atoms with Crippen molar-refractivity contribution in [2.24, 2.45) is 0 Å². The van der Waals surface area contributed by atoms with Gasteiger partial charge in [0.2, 0.25) is 0 Å². The summed E-state index contributed by atoms with van der Waals surface area (Å²) in [5, 5.41) is 0. The number of benzene rings is 1. The third-order valence-corrected chi connectivity index (χ3v) is 19.4. The second kappa shape index (κ2) is 14.7. The van der Waals surface area contributed by atoms with Crippen LogP contribution in [0, 0.1) is 0 Å². The summed E-state index contributed by atoms with van der Waals surface area (Å²) in [6.45, 7) is 0. The van der Waals surface area contributed by atoms with Gasteiger partial charge in [-0.1, -0.05) is 65.7 Å². The van der Waals surface area contributed by atoms with Gasteiger partial charge < -0.3 is 0 Å². The Kier molecular flexibility index (Phi) is 12.8. The molecule has 3 saturated carbocycles. The fourth-order valence-corrected chi connectivity index (χ4v) is 12.5. The average molecular weight is 644 g/mol. The van der Waals surface area contributed by atoms with Crippen LogP contribution in [-0.2, 0) is 32.3 Å². The van der Waals surface area contributed by atoms with E-state index >= 15 is 0 Å². The predicted molar refractivity (Wildman–Crippen MR) is 128 cm³/mol. The maximum absolute atomic E-state index is 5.85. The molecule has 1 aromatic carbocycles. The first-order chi connectivity index (χ1) is 14.7. The van der Waals surface area contributed by atoms with Gasteiger partial charge >= 0.3 is 90.7 Å². The average Bonchev–Trinajstić information content (AvgIpc) is 2.82. The molecule has 4 rings (SSSR count). The van der Waals surface area contributed by atoms with E-state index in [2.05, 4.69) is 18.3 Å². The third-order valence-electron chi connectivity index (χ3n) is 7.16. The van der Waals surface area contributed by atoms with Crippen molar-refractivity contribution >= 4 is 27.3 Å². The van der Waals surface area contributed by atoms with Crippen LogP contribution in [-0.4, -0.2) is 17.0 Å². The second-order valence-corrected chi connectivity index (χ2v) is 21.0. The Morgan fingerprint density at radius 3 is 1.37 bits per heavy atom. The molecule has 0 saturated heterocycles. The van der Waals surface area contributed by atoms with Crippen molar-refractivity contribution < 1.29 is 32.3 Å². The first-order valence-electron chi connectivity index (χ1n) is 12.1. The van der Waals surface area contributed by atoms with Crippen LogP contribution in [0.25, 0.3) is 0 Å². The standard InChI is InChI=1S/C18H33P.C7H6.2ClH.2Ru/c1-4-10-16(11-5-1)19(17-12-6-2-7-13-17)18-14-8-3-9-15-18;1-7-5-3-2-4-6-7;;;;/h16-18H,1-15H2;1-6H;2*1H;;/q;;;;;+2/p-2. The molecule has 5 heteroatoms. The van der Waals surface area contributed by atoms with E-state index in [4.69, 9.17) is 19.4 Å². The van der Waals surface area contributed by atoms with Crippen LogP contribution in [0.3, 0.4) is 0 Å². The molecule has 1 aromatic rings. The van der Waals surface area contributed by atoms with Gasteiger partial charge in [0.1, 0.15) is 0 Å². The molecule has 0 bridgehead atoms. The minimum atomic E-state index is -1.62. The number of hydrogen-bond acceptors (Lipinski definition) is 0. The van der Waals surface area contributed by atoms with Crippen molar-refractivity contribution in [2.45, 2.75) is 116 Å². The third kappa shape index (κ3) is 8.36. The Hall–Kier alpha value is 1.48. The quantitative estimate of drug-likeness (QED) is 0.222. The topological polar surface area (TPSA) is 0 Å². The fourth-order valence-electron chi connectivity index (χ4n) is 5.71. The molecule has 0 heterocycles. The first-order valence-corrected chi connectivity index (χ1v) is 20.1. The van der Waals surface area contributed by atoms with Gasteiger partial charge in [-0.2, -0.15) is 0 Å². The van der Waals surface area contributed by atoms with Crippen molar-refractivity contribution in [1.82, 2.24) is 0 Å². The van der Waals surface area contributed by atoms with E-state index in [0.717, 1.165) is 0 Å². The Labute approximate surface area is 210 Å². The molecule has 0 spiro atoms. The summed E-state index contributed by atoms with van der Waals surface area (Å²) in [5.41, 5.74) is 4.78. The molecule has 1 unspecified atom stereocenters. The molecule has 1 atom stereocenters. The summed E-state index contributed by atoms with van der Waals surface area (Å²) in [5.74, 6) is 0. The van der Waals surface area contributed by atoms with Gasteiger partial charge in [-0.05, 0) is 55.5 Å². The zero-order valence-corrected chi connectivity index (χ0v) is 24.1.